The average Bonchev–Trinajstić information content (AvgIpc) is 2.26. The third-order valence-corrected chi connectivity index (χ3v) is 2.43. The monoisotopic (exact) mass is 208 g/mol. The van der Waals surface area contributed by atoms with Crippen LogP contribution < -0.4 is 5.32 Å². The lowest BCUT2D eigenvalue weighted by Crippen LogP contribution is -2.25. The van der Waals surface area contributed by atoms with Gasteiger partial charge in [-0.15, -0.1) is 0 Å². The third-order valence-electron chi connectivity index (χ3n) is 2.43. The van der Waals surface area contributed by atoms with Gasteiger partial charge in [0, 0.05) is 0 Å². The first-order valence-corrected chi connectivity index (χ1v) is 6.05. The Balaban J connectivity index is 3.02. The highest BCUT2D eigenvalue weighted by atomic mass is 14.9. The van der Waals surface area contributed by atoms with E-state index >= 15 is 0 Å². The summed E-state index contributed by atoms with van der Waals surface area (Å²) in [7, 11) is 0. The first-order chi connectivity index (χ1) is 7.31. The average molecular weight is 208 g/mol. The highest BCUT2D eigenvalue weighted by Gasteiger charge is 1.96. The van der Waals surface area contributed by atoms with Crippen LogP contribution in [0, 0.1) is 11.3 Å². The van der Waals surface area contributed by atoms with Gasteiger partial charge in [-0.3, -0.25) is 0 Å². The van der Waals surface area contributed by atoms with E-state index in [1.54, 1.807) is 0 Å². The number of hydrogen-bond acceptors (Lipinski definition) is 2. The molecular formula is C13H24N2. The van der Waals surface area contributed by atoms with E-state index in [0.29, 0.717) is 0 Å². The zero-order chi connectivity index (χ0) is 11.4. The SMILES string of the molecule is C/C=C/CCCCCCCNC(C)C#N. The van der Waals surface area contributed by atoms with E-state index < -0.39 is 0 Å². The van der Waals surface area contributed by atoms with Crippen LogP contribution in [0.2, 0.25) is 0 Å². The molecule has 1 N–H and O–H groups in total. The van der Waals surface area contributed by atoms with Crippen LogP contribution in [0.25, 0.3) is 0 Å². The molecule has 0 aliphatic rings. The second-order valence-electron chi connectivity index (χ2n) is 3.93. The van der Waals surface area contributed by atoms with Crippen molar-refractivity contribution in [2.24, 2.45) is 0 Å². The predicted octanol–water partition coefficient (Wildman–Crippen LogP) is 3.40. The van der Waals surface area contributed by atoms with Crippen molar-refractivity contribution in [1.82, 2.24) is 5.32 Å². The number of unbranched alkanes of at least 4 members (excludes halogenated alkanes) is 5. The van der Waals surface area contributed by atoms with Gasteiger partial charge in [0.2, 0.25) is 0 Å². The van der Waals surface area contributed by atoms with Crippen molar-refractivity contribution >= 4 is 0 Å². The third kappa shape index (κ3) is 11.1. The largest absolute Gasteiger partial charge is 0.302 e. The molecule has 0 spiro atoms. The smallest absolute Gasteiger partial charge is 0.0924 e. The molecule has 0 bridgehead atoms. The fourth-order valence-electron chi connectivity index (χ4n) is 1.45. The van der Waals surface area contributed by atoms with E-state index in [9.17, 15) is 0 Å². The summed E-state index contributed by atoms with van der Waals surface area (Å²) in [5.74, 6) is 0. The summed E-state index contributed by atoms with van der Waals surface area (Å²) >= 11 is 0. The lowest BCUT2D eigenvalue weighted by Gasteiger charge is -2.05. The van der Waals surface area contributed by atoms with Crippen LogP contribution >= 0.6 is 0 Å². The molecular weight excluding hydrogens is 184 g/mol. The van der Waals surface area contributed by atoms with Gasteiger partial charge < -0.3 is 5.32 Å². The molecule has 0 saturated carbocycles. The normalized spacial score (nSPS) is 12.9. The highest BCUT2D eigenvalue weighted by Crippen LogP contribution is 2.05. The second-order valence-corrected chi connectivity index (χ2v) is 3.93. The first-order valence-electron chi connectivity index (χ1n) is 6.05. The van der Waals surface area contributed by atoms with Gasteiger partial charge in [-0.2, -0.15) is 5.26 Å². The number of hydrogen-bond donors (Lipinski definition) is 1. The number of allylic oxidation sites excluding steroid dienone is 2. The minimum Gasteiger partial charge on any atom is -0.302 e. The van der Waals surface area contributed by atoms with Gasteiger partial charge >= 0.3 is 0 Å². The van der Waals surface area contributed by atoms with Crippen LogP contribution in [0.1, 0.15) is 52.4 Å². The molecule has 0 radical (unpaired) electrons. The molecule has 0 aliphatic heterocycles. The maximum absolute atomic E-state index is 8.54. The van der Waals surface area contributed by atoms with Crippen LogP contribution in [-0.4, -0.2) is 12.6 Å². The molecule has 15 heavy (non-hydrogen) atoms. The Labute approximate surface area is 94.4 Å². The molecule has 2 nitrogen and oxygen atoms in total. The molecule has 0 aliphatic carbocycles. The standard InChI is InChI=1S/C13H24N2/c1-3-4-5-6-7-8-9-10-11-15-13(2)12-14/h3-4,13,15H,5-11H2,1-2H3/b4-3+. The Morgan fingerprint density at radius 3 is 2.53 bits per heavy atom. The van der Waals surface area contributed by atoms with E-state index in [-0.39, 0.29) is 6.04 Å². The summed E-state index contributed by atoms with van der Waals surface area (Å²) in [6.45, 7) is 4.95. The van der Waals surface area contributed by atoms with E-state index in [0.717, 1.165) is 6.54 Å². The van der Waals surface area contributed by atoms with Gasteiger partial charge in [-0.05, 0) is 39.7 Å². The molecule has 1 atom stereocenters. The number of rotatable bonds is 9. The maximum Gasteiger partial charge on any atom is 0.0924 e. The van der Waals surface area contributed by atoms with Crippen molar-refractivity contribution in [1.29, 1.82) is 5.26 Å². The lowest BCUT2D eigenvalue weighted by molar-refractivity contribution is 0.561. The molecule has 0 aromatic rings. The van der Waals surface area contributed by atoms with Gasteiger partial charge in [0.1, 0.15) is 0 Å². The molecule has 0 heterocycles. The molecule has 0 rings (SSSR count). The summed E-state index contributed by atoms with van der Waals surface area (Å²) in [5, 5.41) is 11.7. The van der Waals surface area contributed by atoms with Crippen LogP contribution in [0.5, 0.6) is 0 Å². The fraction of sp³-hybridized carbons (Fsp3) is 0.769. The van der Waals surface area contributed by atoms with E-state index in [1.807, 2.05) is 6.92 Å². The van der Waals surface area contributed by atoms with Crippen molar-refractivity contribution in [3.8, 4) is 6.07 Å². The van der Waals surface area contributed by atoms with Crippen molar-refractivity contribution in [3.05, 3.63) is 12.2 Å². The molecule has 0 saturated heterocycles. The first kappa shape index (κ1) is 14.2. The number of nitrogens with zero attached hydrogens (tertiary/aromatic N) is 1. The molecule has 0 amide bonds. The van der Waals surface area contributed by atoms with E-state index in [2.05, 4.69) is 30.5 Å². The van der Waals surface area contributed by atoms with Crippen molar-refractivity contribution in [2.75, 3.05) is 6.54 Å². The zero-order valence-electron chi connectivity index (χ0n) is 10.1. The number of nitrogens with one attached hydrogen (secondary N) is 1. The van der Waals surface area contributed by atoms with Crippen LogP contribution in [-0.2, 0) is 0 Å². The Hall–Kier alpha value is -0.810. The van der Waals surface area contributed by atoms with Gasteiger partial charge in [0.15, 0.2) is 0 Å². The van der Waals surface area contributed by atoms with Crippen molar-refractivity contribution < 1.29 is 0 Å². The summed E-state index contributed by atoms with van der Waals surface area (Å²) in [5.41, 5.74) is 0. The van der Waals surface area contributed by atoms with Crippen LogP contribution in [0.3, 0.4) is 0 Å². The van der Waals surface area contributed by atoms with E-state index in [1.165, 1.54) is 38.5 Å². The Morgan fingerprint density at radius 2 is 1.87 bits per heavy atom. The summed E-state index contributed by atoms with van der Waals surface area (Å²) in [6, 6.07) is 2.17. The lowest BCUT2D eigenvalue weighted by atomic mass is 10.1. The number of nitriles is 1. The highest BCUT2D eigenvalue weighted by molar-refractivity contribution is 4.84. The summed E-state index contributed by atoms with van der Waals surface area (Å²) in [4.78, 5) is 0. The molecule has 0 aromatic carbocycles. The molecule has 0 aromatic heterocycles. The minimum atomic E-state index is -0.000286. The topological polar surface area (TPSA) is 35.8 Å². The van der Waals surface area contributed by atoms with Crippen LogP contribution in [0.4, 0.5) is 0 Å². The molecule has 86 valence electrons. The van der Waals surface area contributed by atoms with Gasteiger partial charge in [0.05, 0.1) is 12.1 Å². The summed E-state index contributed by atoms with van der Waals surface area (Å²) < 4.78 is 0. The maximum atomic E-state index is 8.54. The molecule has 1 unspecified atom stereocenters. The predicted molar refractivity (Wildman–Crippen MR) is 65.6 cm³/mol. The minimum absolute atomic E-state index is 0.000286. The van der Waals surface area contributed by atoms with E-state index in [4.69, 9.17) is 5.26 Å². The van der Waals surface area contributed by atoms with Crippen LogP contribution in [0.15, 0.2) is 12.2 Å². The Kier molecular flexibility index (Phi) is 10.7. The van der Waals surface area contributed by atoms with Crippen molar-refractivity contribution in [3.63, 3.8) is 0 Å². The molecule has 2 heteroatoms. The van der Waals surface area contributed by atoms with Gasteiger partial charge in [-0.1, -0.05) is 31.4 Å². The van der Waals surface area contributed by atoms with Gasteiger partial charge in [-0.25, -0.2) is 0 Å². The quantitative estimate of drug-likeness (QED) is 0.465. The fourth-order valence-corrected chi connectivity index (χ4v) is 1.45. The van der Waals surface area contributed by atoms with Gasteiger partial charge in [0.25, 0.3) is 0 Å². The Morgan fingerprint density at radius 1 is 1.20 bits per heavy atom. The molecule has 0 fully saturated rings. The Bertz CT molecular complexity index is 191. The second kappa shape index (κ2) is 11.3. The van der Waals surface area contributed by atoms with Crippen molar-refractivity contribution in [2.45, 2.75) is 58.4 Å². The summed E-state index contributed by atoms with van der Waals surface area (Å²) in [6.07, 6.45) is 12.0. The zero-order valence-corrected chi connectivity index (χ0v) is 10.1.